The third-order valence-electron chi connectivity index (χ3n) is 4.30. The van der Waals surface area contributed by atoms with E-state index in [1.165, 1.54) is 51.4 Å². The van der Waals surface area contributed by atoms with Gasteiger partial charge in [-0.2, -0.15) is 0 Å². The summed E-state index contributed by atoms with van der Waals surface area (Å²) >= 11 is 6.16. The minimum atomic E-state index is 0.572. The SMILES string of the molecule is CCCCCCC1(CCl)CC2CC2C1. The van der Waals surface area contributed by atoms with Crippen LogP contribution in [-0.4, -0.2) is 5.88 Å². The van der Waals surface area contributed by atoms with Crippen molar-refractivity contribution in [2.75, 3.05) is 5.88 Å². The zero-order chi connectivity index (χ0) is 10.0. The molecule has 2 saturated carbocycles. The topological polar surface area (TPSA) is 0 Å². The highest BCUT2D eigenvalue weighted by molar-refractivity contribution is 6.18. The summed E-state index contributed by atoms with van der Waals surface area (Å²) in [4.78, 5) is 0. The van der Waals surface area contributed by atoms with Crippen molar-refractivity contribution >= 4 is 11.6 Å². The average Bonchev–Trinajstić information content (AvgIpc) is 2.82. The summed E-state index contributed by atoms with van der Waals surface area (Å²) in [6.07, 6.45) is 11.4. The van der Waals surface area contributed by atoms with E-state index in [4.69, 9.17) is 11.6 Å². The summed E-state index contributed by atoms with van der Waals surface area (Å²) in [5, 5.41) is 0. The molecule has 82 valence electrons. The van der Waals surface area contributed by atoms with Gasteiger partial charge in [-0.05, 0) is 42.9 Å². The second kappa shape index (κ2) is 4.43. The van der Waals surface area contributed by atoms with Crippen molar-refractivity contribution in [1.82, 2.24) is 0 Å². The van der Waals surface area contributed by atoms with Gasteiger partial charge in [0.05, 0.1) is 0 Å². The first-order chi connectivity index (χ1) is 6.79. The van der Waals surface area contributed by atoms with Crippen LogP contribution in [0.4, 0.5) is 0 Å². The summed E-state index contributed by atoms with van der Waals surface area (Å²) in [5.74, 6) is 3.09. The van der Waals surface area contributed by atoms with E-state index in [-0.39, 0.29) is 0 Å². The smallest absolute Gasteiger partial charge is 0.0280 e. The normalized spacial score (nSPS) is 39.9. The van der Waals surface area contributed by atoms with Crippen LogP contribution < -0.4 is 0 Å². The minimum absolute atomic E-state index is 0.572. The summed E-state index contributed by atoms with van der Waals surface area (Å²) in [5.41, 5.74) is 0.572. The average molecular weight is 215 g/mol. The number of hydrogen-bond acceptors (Lipinski definition) is 0. The van der Waals surface area contributed by atoms with E-state index in [2.05, 4.69) is 6.92 Å². The largest absolute Gasteiger partial charge is 0.126 e. The van der Waals surface area contributed by atoms with Crippen molar-refractivity contribution in [2.24, 2.45) is 17.3 Å². The molecular weight excluding hydrogens is 192 g/mol. The summed E-state index contributed by atoms with van der Waals surface area (Å²) in [6, 6.07) is 0. The number of unbranched alkanes of at least 4 members (excludes halogenated alkanes) is 3. The minimum Gasteiger partial charge on any atom is -0.126 e. The van der Waals surface area contributed by atoms with Crippen molar-refractivity contribution in [1.29, 1.82) is 0 Å². The molecule has 0 heterocycles. The van der Waals surface area contributed by atoms with E-state index < -0.39 is 0 Å². The number of hydrogen-bond donors (Lipinski definition) is 0. The van der Waals surface area contributed by atoms with Crippen molar-refractivity contribution in [3.05, 3.63) is 0 Å². The predicted octanol–water partition coefficient (Wildman–Crippen LogP) is 4.61. The zero-order valence-corrected chi connectivity index (χ0v) is 10.2. The molecule has 0 spiro atoms. The molecule has 0 N–H and O–H groups in total. The fraction of sp³-hybridized carbons (Fsp3) is 1.00. The van der Waals surface area contributed by atoms with Crippen LogP contribution >= 0.6 is 11.6 Å². The lowest BCUT2D eigenvalue weighted by Gasteiger charge is -2.28. The van der Waals surface area contributed by atoms with Gasteiger partial charge in [-0.25, -0.2) is 0 Å². The Morgan fingerprint density at radius 3 is 2.43 bits per heavy atom. The number of alkyl halides is 1. The lowest BCUT2D eigenvalue weighted by atomic mass is 9.80. The van der Waals surface area contributed by atoms with Gasteiger partial charge in [0.1, 0.15) is 0 Å². The molecule has 0 amide bonds. The Morgan fingerprint density at radius 2 is 1.86 bits per heavy atom. The molecule has 0 aromatic carbocycles. The molecule has 2 aliphatic rings. The number of halogens is 1. The van der Waals surface area contributed by atoms with Crippen molar-refractivity contribution in [3.8, 4) is 0 Å². The van der Waals surface area contributed by atoms with Gasteiger partial charge < -0.3 is 0 Å². The fourth-order valence-corrected chi connectivity index (χ4v) is 3.66. The Bertz CT molecular complexity index is 178. The van der Waals surface area contributed by atoms with Crippen molar-refractivity contribution in [3.63, 3.8) is 0 Å². The lowest BCUT2D eigenvalue weighted by molar-refractivity contribution is 0.269. The molecule has 0 aliphatic heterocycles. The van der Waals surface area contributed by atoms with E-state index in [0.717, 1.165) is 17.7 Å². The molecule has 2 atom stereocenters. The summed E-state index contributed by atoms with van der Waals surface area (Å²) in [6.45, 7) is 2.28. The van der Waals surface area contributed by atoms with Gasteiger partial charge in [0.2, 0.25) is 0 Å². The molecule has 1 heteroatoms. The molecule has 0 radical (unpaired) electrons. The molecular formula is C13H23Cl. The number of fused-ring (bicyclic) bond motifs is 1. The molecule has 2 fully saturated rings. The Morgan fingerprint density at radius 1 is 1.14 bits per heavy atom. The maximum atomic E-state index is 6.16. The van der Waals surface area contributed by atoms with Crippen LogP contribution in [0.2, 0.25) is 0 Å². The zero-order valence-electron chi connectivity index (χ0n) is 9.40. The third kappa shape index (κ3) is 2.27. The van der Waals surface area contributed by atoms with E-state index in [1.807, 2.05) is 0 Å². The predicted molar refractivity (Wildman–Crippen MR) is 62.7 cm³/mol. The molecule has 0 aromatic heterocycles. The van der Waals surface area contributed by atoms with Gasteiger partial charge in [-0.1, -0.05) is 32.6 Å². The van der Waals surface area contributed by atoms with Crippen LogP contribution in [0.5, 0.6) is 0 Å². The second-order valence-corrected chi connectivity index (χ2v) is 5.88. The summed E-state index contributed by atoms with van der Waals surface area (Å²) in [7, 11) is 0. The lowest BCUT2D eigenvalue weighted by Crippen LogP contribution is -2.20. The van der Waals surface area contributed by atoms with Crippen LogP contribution in [-0.2, 0) is 0 Å². The Hall–Kier alpha value is 0.290. The molecule has 14 heavy (non-hydrogen) atoms. The van der Waals surface area contributed by atoms with E-state index in [9.17, 15) is 0 Å². The third-order valence-corrected chi connectivity index (χ3v) is 4.87. The molecule has 2 rings (SSSR count). The first kappa shape index (κ1) is 10.8. The molecule has 2 aliphatic carbocycles. The Labute approximate surface area is 93.4 Å². The molecule has 2 unspecified atom stereocenters. The van der Waals surface area contributed by atoms with E-state index >= 15 is 0 Å². The van der Waals surface area contributed by atoms with E-state index in [0.29, 0.717) is 5.41 Å². The van der Waals surface area contributed by atoms with E-state index in [1.54, 1.807) is 0 Å². The van der Waals surface area contributed by atoms with Gasteiger partial charge in [0, 0.05) is 5.88 Å². The molecule has 0 saturated heterocycles. The van der Waals surface area contributed by atoms with Crippen molar-refractivity contribution < 1.29 is 0 Å². The Kier molecular flexibility index (Phi) is 3.42. The van der Waals surface area contributed by atoms with Crippen LogP contribution in [0.25, 0.3) is 0 Å². The fourth-order valence-electron chi connectivity index (χ4n) is 3.31. The molecule has 0 aromatic rings. The monoisotopic (exact) mass is 214 g/mol. The van der Waals surface area contributed by atoms with Gasteiger partial charge in [-0.15, -0.1) is 11.6 Å². The second-order valence-electron chi connectivity index (χ2n) is 5.61. The first-order valence-corrected chi connectivity index (χ1v) is 6.89. The highest BCUT2D eigenvalue weighted by Crippen LogP contribution is 2.61. The standard InChI is InChI=1S/C13H23Cl/c1-2-3-4-5-6-13(10-14)8-11-7-12(11)9-13/h11-12H,2-10H2,1H3. The first-order valence-electron chi connectivity index (χ1n) is 6.35. The van der Waals surface area contributed by atoms with Crippen LogP contribution in [0.1, 0.15) is 58.3 Å². The summed E-state index contributed by atoms with van der Waals surface area (Å²) < 4.78 is 0. The maximum Gasteiger partial charge on any atom is 0.0280 e. The van der Waals surface area contributed by atoms with Gasteiger partial charge in [0.15, 0.2) is 0 Å². The highest BCUT2D eigenvalue weighted by Gasteiger charge is 2.52. The molecule has 0 nitrogen and oxygen atoms in total. The van der Waals surface area contributed by atoms with Crippen LogP contribution in [0.15, 0.2) is 0 Å². The molecule has 0 bridgehead atoms. The van der Waals surface area contributed by atoms with Gasteiger partial charge in [0.25, 0.3) is 0 Å². The highest BCUT2D eigenvalue weighted by atomic mass is 35.5. The van der Waals surface area contributed by atoms with Crippen molar-refractivity contribution in [2.45, 2.75) is 58.3 Å². The maximum absolute atomic E-state index is 6.16. The van der Waals surface area contributed by atoms with Gasteiger partial charge in [-0.3, -0.25) is 0 Å². The van der Waals surface area contributed by atoms with Crippen LogP contribution in [0, 0.1) is 17.3 Å². The van der Waals surface area contributed by atoms with Gasteiger partial charge >= 0.3 is 0 Å². The van der Waals surface area contributed by atoms with Crippen LogP contribution in [0.3, 0.4) is 0 Å². The number of rotatable bonds is 6. The quantitative estimate of drug-likeness (QED) is 0.448. The Balaban J connectivity index is 1.70.